The topological polar surface area (TPSA) is 47.4 Å². The maximum atomic E-state index is 3.38. The number of hydrogen-bond acceptors (Lipinski definition) is 0. The summed E-state index contributed by atoms with van der Waals surface area (Å²) in [5.41, 5.74) is 7.27. The van der Waals surface area contributed by atoms with Gasteiger partial charge in [0.2, 0.25) is 0 Å². The number of para-hydroxylation sites is 6. The van der Waals surface area contributed by atoms with Crippen LogP contribution in [0.15, 0.2) is 146 Å². The van der Waals surface area contributed by atoms with Crippen molar-refractivity contribution in [3.63, 3.8) is 0 Å². The first-order chi connectivity index (χ1) is 19.3. The van der Waals surface area contributed by atoms with Crippen LogP contribution < -0.4 is 0 Å². The Morgan fingerprint density at radius 3 is 0.550 bits per heavy atom. The molecule has 0 amide bonds. The molecule has 0 fully saturated rings. The molecule has 1 radical (unpaired) electrons. The van der Waals surface area contributed by atoms with Gasteiger partial charge in [0.15, 0.2) is 0 Å². The van der Waals surface area contributed by atoms with Crippen LogP contribution in [0.4, 0.5) is 0 Å². The van der Waals surface area contributed by atoms with Crippen molar-refractivity contribution < 1.29 is 41.3 Å². The Morgan fingerprint density at radius 2 is 0.375 bits per heavy atom. The van der Waals surface area contributed by atoms with Gasteiger partial charge in [-0.25, -0.2) is 0 Å². The fraction of sp³-hybridized carbons (Fsp3) is 0. The van der Waals surface area contributed by atoms with Crippen LogP contribution in [0.25, 0.3) is 65.4 Å². The molecule has 3 aromatic heterocycles. The van der Waals surface area contributed by atoms with E-state index in [1.54, 1.807) is 0 Å². The summed E-state index contributed by atoms with van der Waals surface area (Å²) in [7, 11) is 0. The molecule has 9 aromatic rings. The van der Waals surface area contributed by atoms with Crippen LogP contribution in [0.2, 0.25) is 0 Å². The third-order valence-corrected chi connectivity index (χ3v) is 7.24. The van der Waals surface area contributed by atoms with Gasteiger partial charge in [-0.3, -0.25) is 0 Å². The van der Waals surface area contributed by atoms with Gasteiger partial charge < -0.3 is 15.0 Å². The fourth-order valence-electron chi connectivity index (χ4n) is 5.40. The van der Waals surface area contributed by atoms with Crippen LogP contribution in [0, 0.1) is 41.3 Å². The van der Waals surface area contributed by atoms with Gasteiger partial charge in [0, 0.05) is 107 Å². The van der Waals surface area contributed by atoms with E-state index < -0.39 is 0 Å². The molecule has 0 saturated carbocycles. The second-order valence-electron chi connectivity index (χ2n) is 9.65. The van der Waals surface area contributed by atoms with E-state index in [2.05, 4.69) is 161 Å². The zero-order valence-corrected chi connectivity index (χ0v) is 25.6. The first kappa shape index (κ1) is 26.3. The summed E-state index contributed by atoms with van der Waals surface area (Å²) in [4.78, 5) is 10.1. The van der Waals surface area contributed by atoms with Gasteiger partial charge in [-0.2, -0.15) is 0 Å². The minimum atomic E-state index is 0. The number of rotatable bonds is 0. The first-order valence-corrected chi connectivity index (χ1v) is 13.2. The first-order valence-electron chi connectivity index (χ1n) is 13.2. The van der Waals surface area contributed by atoms with Crippen LogP contribution >= 0.6 is 0 Å². The number of H-pyrrole nitrogens is 3. The average molecular weight is 643 g/mol. The molecule has 0 atom stereocenters. The van der Waals surface area contributed by atoms with Gasteiger partial charge in [-0.05, 0) is 36.4 Å². The Labute approximate surface area is 265 Å². The number of fused-ring (bicyclic) bond motifs is 9. The molecular weight excluding hydrogens is 615 g/mol. The van der Waals surface area contributed by atoms with Crippen molar-refractivity contribution in [1.29, 1.82) is 0 Å². The third kappa shape index (κ3) is 5.03. The van der Waals surface area contributed by atoms with Gasteiger partial charge in [0.05, 0.1) is 0 Å². The van der Waals surface area contributed by atoms with Crippen LogP contribution in [0.3, 0.4) is 0 Å². The molecule has 3 N–H and O–H groups in total. The molecule has 3 nitrogen and oxygen atoms in total. The van der Waals surface area contributed by atoms with Crippen LogP contribution in [0.5, 0.6) is 0 Å². The molecular formula is C36H27N3Pr. The summed E-state index contributed by atoms with van der Waals surface area (Å²) in [6, 6.07) is 50.3. The molecule has 0 bridgehead atoms. The number of benzene rings is 6. The predicted octanol–water partition coefficient (Wildman–Crippen LogP) is 9.96. The van der Waals surface area contributed by atoms with Gasteiger partial charge in [0.1, 0.15) is 0 Å². The Bertz CT molecular complexity index is 1800. The molecule has 0 aliphatic carbocycles. The Morgan fingerprint density at radius 1 is 0.225 bits per heavy atom. The molecule has 6 aromatic carbocycles. The SMILES string of the molecule is [Pr].c1ccc2c(c1)[nH]c1ccccc12.c1ccc2c(c1)[nH]c1ccccc12.c1ccc2c(c1)[nH]c1ccccc12. The molecule has 40 heavy (non-hydrogen) atoms. The standard InChI is InChI=1S/3C12H9N.Pr/c3*1-3-7-11-9(5-1)10-6-2-4-8-12(10)13-11;/h3*1-8,13H;. The fourth-order valence-corrected chi connectivity index (χ4v) is 5.40. The number of aromatic nitrogens is 3. The molecule has 0 aliphatic heterocycles. The van der Waals surface area contributed by atoms with E-state index in [4.69, 9.17) is 0 Å². The van der Waals surface area contributed by atoms with Crippen molar-refractivity contribution >= 4 is 65.4 Å². The predicted molar refractivity (Wildman–Crippen MR) is 167 cm³/mol. The second kappa shape index (κ2) is 11.7. The minimum Gasteiger partial charge on any atom is -0.355 e. The number of nitrogens with one attached hydrogen (secondary N) is 3. The Balaban J connectivity index is 0.000000107. The van der Waals surface area contributed by atoms with E-state index >= 15 is 0 Å². The van der Waals surface area contributed by atoms with Crippen LogP contribution in [0.1, 0.15) is 0 Å². The van der Waals surface area contributed by atoms with Gasteiger partial charge in [-0.15, -0.1) is 0 Å². The zero-order chi connectivity index (χ0) is 26.0. The zero-order valence-electron chi connectivity index (χ0n) is 21.9. The maximum absolute atomic E-state index is 3.38. The van der Waals surface area contributed by atoms with E-state index in [-0.39, 0.29) is 41.3 Å². The summed E-state index contributed by atoms with van der Waals surface area (Å²) in [5, 5.41) is 7.82. The molecule has 9 rings (SSSR count). The van der Waals surface area contributed by atoms with Crippen molar-refractivity contribution in [2.75, 3.05) is 0 Å². The van der Waals surface area contributed by atoms with Crippen molar-refractivity contribution in [3.8, 4) is 0 Å². The van der Waals surface area contributed by atoms with E-state index in [1.807, 2.05) is 0 Å². The largest absolute Gasteiger partial charge is 0.355 e. The monoisotopic (exact) mass is 642 g/mol. The summed E-state index contributed by atoms with van der Waals surface area (Å²) in [6.45, 7) is 0. The van der Waals surface area contributed by atoms with Gasteiger partial charge >= 0.3 is 0 Å². The number of hydrogen-bond donors (Lipinski definition) is 3. The summed E-state index contributed by atoms with van der Waals surface area (Å²) >= 11 is 0. The van der Waals surface area contributed by atoms with Crippen LogP contribution in [-0.2, 0) is 0 Å². The molecule has 4 heteroatoms. The van der Waals surface area contributed by atoms with E-state index in [1.165, 1.54) is 65.4 Å². The van der Waals surface area contributed by atoms with E-state index in [9.17, 15) is 0 Å². The number of aromatic amines is 3. The smallest absolute Gasteiger partial charge is 0.0464 e. The maximum Gasteiger partial charge on any atom is 0.0464 e. The molecule has 0 saturated heterocycles. The van der Waals surface area contributed by atoms with E-state index in [0.29, 0.717) is 0 Å². The Hall–Kier alpha value is -3.92. The molecule has 0 unspecified atom stereocenters. The van der Waals surface area contributed by atoms with Crippen LogP contribution in [-0.4, -0.2) is 15.0 Å². The van der Waals surface area contributed by atoms with Gasteiger partial charge in [0.25, 0.3) is 0 Å². The molecule has 189 valence electrons. The summed E-state index contributed by atoms with van der Waals surface area (Å²) in [5.74, 6) is 0. The van der Waals surface area contributed by atoms with Crippen molar-refractivity contribution in [2.45, 2.75) is 0 Å². The minimum absolute atomic E-state index is 0. The molecule has 0 aliphatic rings. The quantitative estimate of drug-likeness (QED) is 0.148. The van der Waals surface area contributed by atoms with E-state index in [0.717, 1.165) is 0 Å². The molecule has 0 spiro atoms. The average Bonchev–Trinajstić information content (AvgIpc) is 3.69. The second-order valence-corrected chi connectivity index (χ2v) is 9.65. The van der Waals surface area contributed by atoms with Gasteiger partial charge in [-0.1, -0.05) is 109 Å². The summed E-state index contributed by atoms with van der Waals surface area (Å²) < 4.78 is 0. The van der Waals surface area contributed by atoms with Crippen molar-refractivity contribution in [3.05, 3.63) is 146 Å². The van der Waals surface area contributed by atoms with Crippen molar-refractivity contribution in [1.82, 2.24) is 15.0 Å². The normalized spacial score (nSPS) is 10.8. The summed E-state index contributed by atoms with van der Waals surface area (Å²) in [6.07, 6.45) is 0. The Kier molecular flexibility index (Phi) is 7.68. The third-order valence-electron chi connectivity index (χ3n) is 7.24. The van der Waals surface area contributed by atoms with Crippen molar-refractivity contribution in [2.24, 2.45) is 0 Å². The molecule has 3 heterocycles.